The third-order valence-corrected chi connectivity index (χ3v) is 3.56. The molecule has 1 fully saturated rings. The highest BCUT2D eigenvalue weighted by molar-refractivity contribution is 7.12. The van der Waals surface area contributed by atoms with Crippen LogP contribution in [0.4, 0.5) is 0 Å². The van der Waals surface area contributed by atoms with Gasteiger partial charge in [0.1, 0.15) is 10.9 Å². The molecule has 1 aliphatic rings. The Morgan fingerprint density at radius 1 is 1.71 bits per heavy atom. The third-order valence-electron chi connectivity index (χ3n) is 2.67. The molecule has 4 nitrogen and oxygen atoms in total. The molecule has 0 aromatic carbocycles. The smallest absolute Gasteiger partial charge is 0.349 e. The minimum atomic E-state index is -0.408. The summed E-state index contributed by atoms with van der Waals surface area (Å²) in [6.07, 6.45) is 3.09. The van der Waals surface area contributed by atoms with Gasteiger partial charge in [0, 0.05) is 13.0 Å². The minimum absolute atomic E-state index is 0.224. The zero-order valence-electron chi connectivity index (χ0n) is 9.35. The van der Waals surface area contributed by atoms with Crippen molar-refractivity contribution in [2.45, 2.75) is 25.4 Å². The van der Waals surface area contributed by atoms with Gasteiger partial charge in [0.15, 0.2) is 0 Å². The first-order chi connectivity index (χ1) is 8.31. The molecule has 1 aromatic rings. The Labute approximate surface area is 104 Å². The van der Waals surface area contributed by atoms with E-state index in [2.05, 4.69) is 0 Å². The molecule has 0 bridgehead atoms. The van der Waals surface area contributed by atoms with Crippen LogP contribution in [-0.4, -0.2) is 25.3 Å². The normalized spacial score (nSPS) is 18.9. The first kappa shape index (κ1) is 12.1. The summed E-state index contributed by atoms with van der Waals surface area (Å²) in [5.41, 5.74) is 0.386. The maximum Gasteiger partial charge on any atom is 0.349 e. The van der Waals surface area contributed by atoms with Crippen molar-refractivity contribution in [1.29, 1.82) is 5.26 Å². The number of ether oxygens (including phenoxy) is 2. The van der Waals surface area contributed by atoms with Crippen LogP contribution in [0.5, 0.6) is 0 Å². The van der Waals surface area contributed by atoms with E-state index in [1.54, 1.807) is 11.4 Å². The third kappa shape index (κ3) is 3.05. The van der Waals surface area contributed by atoms with E-state index in [4.69, 9.17) is 14.7 Å². The van der Waals surface area contributed by atoms with E-state index in [1.165, 1.54) is 11.3 Å². The van der Waals surface area contributed by atoms with E-state index >= 15 is 0 Å². The van der Waals surface area contributed by atoms with Gasteiger partial charge in [-0.15, -0.1) is 11.3 Å². The van der Waals surface area contributed by atoms with Gasteiger partial charge in [-0.05, 0) is 24.3 Å². The van der Waals surface area contributed by atoms with E-state index in [0.717, 1.165) is 25.9 Å². The Balaban J connectivity index is 1.79. The molecule has 0 spiro atoms. The topological polar surface area (TPSA) is 59.3 Å². The second-order valence-electron chi connectivity index (χ2n) is 3.83. The second-order valence-corrected chi connectivity index (χ2v) is 4.75. The molecule has 5 heteroatoms. The highest BCUT2D eigenvalue weighted by Gasteiger charge is 2.18. The van der Waals surface area contributed by atoms with Crippen LogP contribution in [0.3, 0.4) is 0 Å². The Morgan fingerprint density at radius 2 is 2.59 bits per heavy atom. The number of nitrogens with zero attached hydrogens (tertiary/aromatic N) is 1. The van der Waals surface area contributed by atoms with Crippen molar-refractivity contribution >= 4 is 17.3 Å². The number of hydrogen-bond donors (Lipinski definition) is 0. The highest BCUT2D eigenvalue weighted by Crippen LogP contribution is 2.18. The van der Waals surface area contributed by atoms with Gasteiger partial charge in [-0.25, -0.2) is 4.79 Å². The predicted molar refractivity (Wildman–Crippen MR) is 62.9 cm³/mol. The standard InChI is InChI=1S/C12H13NO3S/c13-8-9-4-7-17-11(9)12(14)16-6-3-10-2-1-5-15-10/h4,7,10H,1-3,5-6H2/t10-/m0/s1. The first-order valence-electron chi connectivity index (χ1n) is 5.57. The lowest BCUT2D eigenvalue weighted by atomic mass is 10.2. The van der Waals surface area contributed by atoms with Crippen molar-refractivity contribution in [3.05, 3.63) is 21.9 Å². The van der Waals surface area contributed by atoms with Gasteiger partial charge in [-0.2, -0.15) is 5.26 Å². The summed E-state index contributed by atoms with van der Waals surface area (Å²) in [5.74, 6) is -0.408. The van der Waals surface area contributed by atoms with Gasteiger partial charge in [-0.1, -0.05) is 0 Å². The van der Waals surface area contributed by atoms with Crippen LogP contribution in [0, 0.1) is 11.3 Å². The number of nitriles is 1. The molecule has 1 atom stereocenters. The highest BCUT2D eigenvalue weighted by atomic mass is 32.1. The molecule has 0 saturated carbocycles. The summed E-state index contributed by atoms with van der Waals surface area (Å²) in [4.78, 5) is 12.0. The number of rotatable bonds is 4. The Bertz CT molecular complexity index is 429. The van der Waals surface area contributed by atoms with Crippen molar-refractivity contribution in [1.82, 2.24) is 0 Å². The molecule has 0 N–H and O–H groups in total. The molecular weight excluding hydrogens is 238 g/mol. The number of carbonyl (C=O) groups is 1. The number of carbonyl (C=O) groups excluding carboxylic acids is 1. The van der Waals surface area contributed by atoms with E-state index in [0.29, 0.717) is 17.0 Å². The number of esters is 1. The van der Waals surface area contributed by atoms with E-state index < -0.39 is 5.97 Å². The summed E-state index contributed by atoms with van der Waals surface area (Å²) < 4.78 is 10.6. The van der Waals surface area contributed by atoms with E-state index in [9.17, 15) is 4.79 Å². The SMILES string of the molecule is N#Cc1ccsc1C(=O)OCC[C@@H]1CCCO1. The summed E-state index contributed by atoms with van der Waals surface area (Å²) >= 11 is 1.24. The maximum atomic E-state index is 11.7. The summed E-state index contributed by atoms with van der Waals surface area (Å²) in [5, 5.41) is 10.5. The maximum absolute atomic E-state index is 11.7. The van der Waals surface area contributed by atoms with Gasteiger partial charge in [0.25, 0.3) is 0 Å². The van der Waals surface area contributed by atoms with Gasteiger partial charge < -0.3 is 9.47 Å². The van der Waals surface area contributed by atoms with Crippen LogP contribution >= 0.6 is 11.3 Å². The molecule has 0 unspecified atom stereocenters. The summed E-state index contributed by atoms with van der Waals surface area (Å²) in [7, 11) is 0. The molecular formula is C12H13NO3S. The molecule has 2 rings (SSSR count). The van der Waals surface area contributed by atoms with E-state index in [-0.39, 0.29) is 6.10 Å². The molecule has 2 heterocycles. The summed E-state index contributed by atoms with van der Waals surface area (Å²) in [6, 6.07) is 3.60. The lowest BCUT2D eigenvalue weighted by Gasteiger charge is -2.09. The van der Waals surface area contributed by atoms with Crippen molar-refractivity contribution in [2.24, 2.45) is 0 Å². The molecule has 1 aliphatic heterocycles. The fourth-order valence-electron chi connectivity index (χ4n) is 1.78. The lowest BCUT2D eigenvalue weighted by molar-refractivity contribution is 0.0390. The zero-order chi connectivity index (χ0) is 12.1. The van der Waals surface area contributed by atoms with Crippen molar-refractivity contribution in [2.75, 3.05) is 13.2 Å². The zero-order valence-corrected chi connectivity index (χ0v) is 10.2. The first-order valence-corrected chi connectivity index (χ1v) is 6.45. The Hall–Kier alpha value is -1.38. The average molecular weight is 251 g/mol. The molecule has 1 saturated heterocycles. The minimum Gasteiger partial charge on any atom is -0.461 e. The predicted octanol–water partition coefficient (Wildman–Crippen LogP) is 2.35. The molecule has 17 heavy (non-hydrogen) atoms. The largest absolute Gasteiger partial charge is 0.461 e. The molecule has 0 radical (unpaired) electrons. The van der Waals surface area contributed by atoms with Crippen LogP contribution < -0.4 is 0 Å². The Morgan fingerprint density at radius 3 is 3.29 bits per heavy atom. The van der Waals surface area contributed by atoms with Gasteiger partial charge in [-0.3, -0.25) is 0 Å². The summed E-state index contributed by atoms with van der Waals surface area (Å²) in [6.45, 7) is 1.16. The second kappa shape index (κ2) is 5.80. The van der Waals surface area contributed by atoms with Crippen LogP contribution in [0.2, 0.25) is 0 Å². The van der Waals surface area contributed by atoms with Gasteiger partial charge in [0.2, 0.25) is 0 Å². The van der Waals surface area contributed by atoms with Gasteiger partial charge in [0.05, 0.1) is 18.3 Å². The average Bonchev–Trinajstić information content (AvgIpc) is 2.99. The van der Waals surface area contributed by atoms with Crippen molar-refractivity contribution < 1.29 is 14.3 Å². The van der Waals surface area contributed by atoms with Crippen LogP contribution in [0.1, 0.15) is 34.5 Å². The molecule has 0 amide bonds. The molecule has 1 aromatic heterocycles. The van der Waals surface area contributed by atoms with Crippen molar-refractivity contribution in [3.8, 4) is 6.07 Å². The molecule has 0 aliphatic carbocycles. The van der Waals surface area contributed by atoms with Crippen LogP contribution in [0.25, 0.3) is 0 Å². The van der Waals surface area contributed by atoms with E-state index in [1.807, 2.05) is 6.07 Å². The monoisotopic (exact) mass is 251 g/mol. The fraction of sp³-hybridized carbons (Fsp3) is 0.500. The lowest BCUT2D eigenvalue weighted by Crippen LogP contribution is -2.12. The van der Waals surface area contributed by atoms with Crippen molar-refractivity contribution in [3.63, 3.8) is 0 Å². The van der Waals surface area contributed by atoms with Crippen LogP contribution in [-0.2, 0) is 9.47 Å². The number of thiophene rings is 1. The van der Waals surface area contributed by atoms with Gasteiger partial charge >= 0.3 is 5.97 Å². The Kier molecular flexibility index (Phi) is 4.13. The molecule has 90 valence electrons. The van der Waals surface area contributed by atoms with Crippen LogP contribution in [0.15, 0.2) is 11.4 Å². The quantitative estimate of drug-likeness (QED) is 0.771. The fourth-order valence-corrected chi connectivity index (χ4v) is 2.51. The number of hydrogen-bond acceptors (Lipinski definition) is 5.